The summed E-state index contributed by atoms with van der Waals surface area (Å²) < 4.78 is 4.43. The lowest BCUT2D eigenvalue weighted by Gasteiger charge is -2.42. The van der Waals surface area contributed by atoms with Gasteiger partial charge in [0.2, 0.25) is 11.9 Å². The van der Waals surface area contributed by atoms with E-state index < -0.39 is 10.0 Å². The van der Waals surface area contributed by atoms with E-state index >= 15 is 0 Å². The van der Waals surface area contributed by atoms with Crippen LogP contribution in [0.1, 0.15) is 0 Å². The third-order valence-corrected chi connectivity index (χ3v) is 18.2. The summed E-state index contributed by atoms with van der Waals surface area (Å²) in [5, 5.41) is 4.58. The molecule has 7 heteroatoms. The fourth-order valence-corrected chi connectivity index (χ4v) is 14.9. The van der Waals surface area contributed by atoms with Crippen LogP contribution >= 0.6 is 10.0 Å². The summed E-state index contributed by atoms with van der Waals surface area (Å²) in [6.07, 6.45) is 0. The molecular weight excluding hydrogens is 933 g/mol. The molecule has 0 spiro atoms. The summed E-state index contributed by atoms with van der Waals surface area (Å²) in [5.74, 6) is 1.18. The monoisotopic (exact) mass is 978 g/mol. The number of hydrogen-bond donors (Lipinski definition) is 0. The molecule has 6 nitrogen and oxygen atoms in total. The summed E-state index contributed by atoms with van der Waals surface area (Å²) in [7, 11) is -2.22. The van der Waals surface area contributed by atoms with Crippen molar-refractivity contribution in [2.24, 2.45) is 0 Å². The van der Waals surface area contributed by atoms with E-state index in [0.29, 0.717) is 11.9 Å². The Morgan fingerprint density at radius 1 is 0.227 bits per heavy atom. The number of rotatable bonds is 10. The van der Waals surface area contributed by atoms with Gasteiger partial charge in [0, 0.05) is 63.4 Å². The number of benzene rings is 10. The molecular formula is C68H46N6S. The van der Waals surface area contributed by atoms with Gasteiger partial charge in [-0.1, -0.05) is 188 Å². The standard InChI is InChI=1S/C68H46N6S/c1-6-24-47(25-7-1)59-45-61(71-67(69-59)73-63-38-20-16-34-55(63)56-35-17-21-39-64(56)73)49-42-50(44-54(43-49)75(51-28-10-3-11-29-51,52-30-12-4-13-31-52)53-32-14-5-15-33-53)62-46-60(48-26-8-2-9-27-48)70-68(72-62)74-65-40-22-18-36-57(65)58-37-19-23-41-66(58)74/h1-46H. The zero-order chi connectivity index (χ0) is 49.7. The Kier molecular flexibility index (Phi) is 10.8. The van der Waals surface area contributed by atoms with Crippen LogP contribution < -0.4 is 0 Å². The molecule has 0 aliphatic rings. The summed E-state index contributed by atoms with van der Waals surface area (Å²) in [6.45, 7) is 0. The van der Waals surface area contributed by atoms with Crippen molar-refractivity contribution >= 4 is 53.6 Å². The highest BCUT2D eigenvalue weighted by Gasteiger charge is 2.34. The minimum absolute atomic E-state index is 0.588. The average molecular weight is 979 g/mol. The van der Waals surface area contributed by atoms with Gasteiger partial charge in [0.05, 0.1) is 44.8 Å². The maximum absolute atomic E-state index is 5.66. The van der Waals surface area contributed by atoms with Crippen molar-refractivity contribution in [1.29, 1.82) is 0 Å². The van der Waals surface area contributed by atoms with E-state index in [1.165, 1.54) is 14.7 Å². The molecule has 0 aliphatic heterocycles. The summed E-state index contributed by atoms with van der Waals surface area (Å²) in [6, 6.07) is 99.4. The molecule has 0 unspecified atom stereocenters. The van der Waals surface area contributed by atoms with Crippen LogP contribution in [-0.2, 0) is 0 Å². The highest BCUT2D eigenvalue weighted by atomic mass is 32.3. The Balaban J connectivity index is 1.11. The van der Waals surface area contributed by atoms with Gasteiger partial charge in [0.1, 0.15) is 0 Å². The largest absolute Gasteiger partial charge is 0.278 e. The van der Waals surface area contributed by atoms with Crippen LogP contribution in [0.4, 0.5) is 0 Å². The average Bonchev–Trinajstić information content (AvgIpc) is 4.02. The first-order valence-electron chi connectivity index (χ1n) is 25.2. The number of aromatic nitrogens is 6. The minimum Gasteiger partial charge on any atom is -0.278 e. The van der Waals surface area contributed by atoms with Gasteiger partial charge in [-0.05, 0) is 91.0 Å². The predicted octanol–water partition coefficient (Wildman–Crippen LogP) is 17.5. The molecule has 0 bridgehead atoms. The second-order valence-electron chi connectivity index (χ2n) is 18.6. The molecule has 14 aromatic rings. The smallest absolute Gasteiger partial charge is 0.235 e. The van der Waals surface area contributed by atoms with Gasteiger partial charge >= 0.3 is 0 Å². The first-order valence-corrected chi connectivity index (χ1v) is 26.8. The normalized spacial score (nSPS) is 11.9. The lowest BCUT2D eigenvalue weighted by Crippen LogP contribution is -2.07. The van der Waals surface area contributed by atoms with Crippen molar-refractivity contribution in [1.82, 2.24) is 29.1 Å². The van der Waals surface area contributed by atoms with Gasteiger partial charge in [-0.25, -0.2) is 19.9 Å². The van der Waals surface area contributed by atoms with E-state index in [9.17, 15) is 0 Å². The molecule has 0 saturated carbocycles. The fourth-order valence-electron chi connectivity index (χ4n) is 10.9. The number of fused-ring (bicyclic) bond motifs is 6. The quantitative estimate of drug-likeness (QED) is 0.137. The Morgan fingerprint density at radius 2 is 0.493 bits per heavy atom. The highest BCUT2D eigenvalue weighted by Crippen LogP contribution is 2.74. The molecule has 10 aromatic carbocycles. The topological polar surface area (TPSA) is 61.4 Å². The van der Waals surface area contributed by atoms with E-state index in [1.54, 1.807) is 0 Å². The third-order valence-electron chi connectivity index (χ3n) is 14.3. The lowest BCUT2D eigenvalue weighted by molar-refractivity contribution is 0.993. The molecule has 14 rings (SSSR count). The number of hydrogen-bond acceptors (Lipinski definition) is 4. The van der Waals surface area contributed by atoms with E-state index in [4.69, 9.17) is 19.9 Å². The van der Waals surface area contributed by atoms with Crippen LogP contribution in [0.25, 0.3) is 101 Å². The van der Waals surface area contributed by atoms with Crippen LogP contribution in [0.15, 0.2) is 299 Å². The highest BCUT2D eigenvalue weighted by molar-refractivity contribution is 8.34. The minimum atomic E-state index is -2.22. The van der Waals surface area contributed by atoms with Crippen LogP contribution in [0.5, 0.6) is 0 Å². The van der Waals surface area contributed by atoms with Gasteiger partial charge in [-0.15, -0.1) is 10.0 Å². The molecule has 0 amide bonds. The second kappa shape index (κ2) is 18.4. The second-order valence-corrected chi connectivity index (χ2v) is 21.8. The zero-order valence-corrected chi connectivity index (χ0v) is 41.5. The van der Waals surface area contributed by atoms with Crippen molar-refractivity contribution in [3.63, 3.8) is 0 Å². The molecule has 75 heavy (non-hydrogen) atoms. The molecule has 0 atom stereocenters. The maximum Gasteiger partial charge on any atom is 0.235 e. The zero-order valence-electron chi connectivity index (χ0n) is 40.6. The fraction of sp³-hybridized carbons (Fsp3) is 0. The van der Waals surface area contributed by atoms with Gasteiger partial charge < -0.3 is 0 Å². The summed E-state index contributed by atoms with van der Waals surface area (Å²) in [5.41, 5.74) is 11.2. The van der Waals surface area contributed by atoms with Gasteiger partial charge in [-0.2, -0.15) is 0 Å². The van der Waals surface area contributed by atoms with Gasteiger partial charge in [0.25, 0.3) is 0 Å². The predicted molar refractivity (Wildman–Crippen MR) is 308 cm³/mol. The summed E-state index contributed by atoms with van der Waals surface area (Å²) in [4.78, 5) is 27.0. The molecule has 0 N–H and O–H groups in total. The first-order chi connectivity index (χ1) is 37.2. The van der Waals surface area contributed by atoms with Crippen molar-refractivity contribution < 1.29 is 0 Å². The Bertz CT molecular complexity index is 3980. The van der Waals surface area contributed by atoms with E-state index in [2.05, 4.69) is 276 Å². The SMILES string of the molecule is c1ccc(-c2cc(-c3cc(-c4cc(-c5ccccc5)nc(-n5c6ccccc6c6ccccc65)n4)cc(S(c4ccccc4)(c4ccccc4)c4ccccc4)c3)nc(-n3c4ccccc4c4ccccc43)n2)cc1. The summed E-state index contributed by atoms with van der Waals surface area (Å²) >= 11 is 0. The maximum atomic E-state index is 5.66. The number of nitrogens with zero attached hydrogens (tertiary/aromatic N) is 6. The molecule has 4 aromatic heterocycles. The Hall–Kier alpha value is -9.69. The molecule has 0 saturated heterocycles. The van der Waals surface area contributed by atoms with E-state index in [1.807, 2.05) is 12.1 Å². The van der Waals surface area contributed by atoms with E-state index in [-0.39, 0.29) is 0 Å². The van der Waals surface area contributed by atoms with Crippen LogP contribution in [0.2, 0.25) is 0 Å². The molecule has 0 fully saturated rings. The number of para-hydroxylation sites is 4. The Labute approximate surface area is 435 Å². The first kappa shape index (κ1) is 44.0. The molecule has 0 aliphatic carbocycles. The third kappa shape index (κ3) is 7.51. The van der Waals surface area contributed by atoms with Crippen molar-refractivity contribution in [3.8, 4) is 56.9 Å². The van der Waals surface area contributed by atoms with Crippen molar-refractivity contribution in [2.75, 3.05) is 0 Å². The van der Waals surface area contributed by atoms with Crippen LogP contribution in [-0.4, -0.2) is 29.1 Å². The van der Waals surface area contributed by atoms with Crippen LogP contribution in [0.3, 0.4) is 0 Å². The molecule has 0 radical (unpaired) electrons. The van der Waals surface area contributed by atoms with Gasteiger partial charge in [-0.3, -0.25) is 9.13 Å². The molecule has 354 valence electrons. The lowest BCUT2D eigenvalue weighted by atomic mass is 10.0. The van der Waals surface area contributed by atoms with Crippen molar-refractivity contribution in [3.05, 3.63) is 279 Å². The van der Waals surface area contributed by atoms with Crippen molar-refractivity contribution in [2.45, 2.75) is 19.6 Å². The Morgan fingerprint density at radius 3 is 0.813 bits per heavy atom. The van der Waals surface area contributed by atoms with Gasteiger partial charge in [0.15, 0.2) is 0 Å². The van der Waals surface area contributed by atoms with E-state index in [0.717, 1.165) is 93.5 Å². The van der Waals surface area contributed by atoms with Crippen LogP contribution in [0, 0.1) is 0 Å². The molecule has 4 heterocycles.